The molecule has 0 heterocycles. The smallest absolute Gasteiger partial charge is 0.145 e. The van der Waals surface area contributed by atoms with E-state index in [1.165, 1.54) is 68.9 Å². The summed E-state index contributed by atoms with van der Waals surface area (Å²) >= 11 is 6.48. The van der Waals surface area contributed by atoms with E-state index in [1.54, 1.807) is 0 Å². The zero-order valence-electron chi connectivity index (χ0n) is 22.4. The van der Waals surface area contributed by atoms with Crippen LogP contribution in [0.4, 0.5) is 4.39 Å². The zero-order valence-corrected chi connectivity index (χ0v) is 23.1. The summed E-state index contributed by atoms with van der Waals surface area (Å²) < 4.78 is 14.9. The molecular weight excluding hydrogens is 463 g/mol. The van der Waals surface area contributed by atoms with Crippen molar-refractivity contribution in [1.82, 2.24) is 0 Å². The Kier molecular flexibility index (Phi) is 10.3. The van der Waals surface area contributed by atoms with Crippen LogP contribution < -0.4 is 0 Å². The molecule has 2 aliphatic rings. The lowest BCUT2D eigenvalue weighted by Gasteiger charge is -2.35. The minimum Gasteiger partial charge on any atom is -0.205 e. The quantitative estimate of drug-likeness (QED) is 0.222. The highest BCUT2D eigenvalue weighted by molar-refractivity contribution is 6.33. The molecule has 1 fully saturated rings. The predicted octanol–water partition coefficient (Wildman–Crippen LogP) is 11.2. The van der Waals surface area contributed by atoms with Crippen molar-refractivity contribution in [2.45, 2.75) is 97.3 Å². The van der Waals surface area contributed by atoms with E-state index < -0.39 is 0 Å². The molecule has 1 atom stereocenters. The lowest BCUT2D eigenvalue weighted by Crippen LogP contribution is -2.23. The maximum Gasteiger partial charge on any atom is 0.145 e. The van der Waals surface area contributed by atoms with E-state index in [4.69, 9.17) is 11.6 Å². The van der Waals surface area contributed by atoms with Crippen molar-refractivity contribution in [2.75, 3.05) is 0 Å². The highest BCUT2D eigenvalue weighted by Gasteiger charge is 2.28. The maximum atomic E-state index is 14.9. The van der Waals surface area contributed by atoms with Gasteiger partial charge in [0.25, 0.3) is 0 Å². The van der Waals surface area contributed by atoms with Crippen molar-refractivity contribution >= 4 is 17.2 Å². The summed E-state index contributed by atoms with van der Waals surface area (Å²) in [6.45, 7) is 4.29. The Morgan fingerprint density at radius 3 is 2.33 bits per heavy atom. The highest BCUT2D eigenvalue weighted by atomic mass is 35.5. The van der Waals surface area contributed by atoms with Crippen LogP contribution in [0.2, 0.25) is 5.02 Å². The fourth-order valence-corrected chi connectivity index (χ4v) is 6.72. The summed E-state index contributed by atoms with van der Waals surface area (Å²) in [4.78, 5) is 0. The molecule has 4 rings (SSSR count). The first kappa shape index (κ1) is 27.2. The molecule has 2 aliphatic carbocycles. The van der Waals surface area contributed by atoms with Crippen molar-refractivity contribution < 1.29 is 4.39 Å². The molecule has 0 nitrogen and oxygen atoms in total. The number of rotatable bonds is 10. The number of unbranched alkanes of at least 4 members (excludes halogenated alkanes) is 2. The van der Waals surface area contributed by atoms with Gasteiger partial charge in [0.1, 0.15) is 5.82 Å². The first-order chi connectivity index (χ1) is 17.6. The molecule has 0 aliphatic heterocycles. The molecule has 2 aromatic rings. The Morgan fingerprint density at radius 1 is 0.917 bits per heavy atom. The summed E-state index contributed by atoms with van der Waals surface area (Å²) in [6.07, 6.45) is 23.1. The predicted molar refractivity (Wildman–Crippen MR) is 155 cm³/mol. The third-order valence-electron chi connectivity index (χ3n) is 8.77. The number of benzene rings is 2. The number of halogens is 2. The van der Waals surface area contributed by atoms with Crippen molar-refractivity contribution in [3.63, 3.8) is 0 Å². The second-order valence-corrected chi connectivity index (χ2v) is 11.5. The summed E-state index contributed by atoms with van der Waals surface area (Å²) in [5.74, 6) is 2.49. The van der Waals surface area contributed by atoms with Crippen molar-refractivity contribution in [2.24, 2.45) is 17.8 Å². The van der Waals surface area contributed by atoms with Crippen molar-refractivity contribution in [1.29, 1.82) is 0 Å². The first-order valence-electron chi connectivity index (χ1n) is 14.5. The van der Waals surface area contributed by atoms with Gasteiger partial charge < -0.3 is 0 Å². The second-order valence-electron chi connectivity index (χ2n) is 11.1. The average molecular weight is 507 g/mol. The van der Waals surface area contributed by atoms with Gasteiger partial charge in [0.2, 0.25) is 0 Å². The van der Waals surface area contributed by atoms with Crippen LogP contribution in [-0.2, 0) is 6.42 Å². The van der Waals surface area contributed by atoms with Gasteiger partial charge in [-0.05, 0) is 105 Å². The molecule has 2 aromatic carbocycles. The van der Waals surface area contributed by atoms with Gasteiger partial charge in [-0.2, -0.15) is 0 Å². The lowest BCUT2D eigenvalue weighted by atomic mass is 9.70. The van der Waals surface area contributed by atoms with Crippen LogP contribution in [0.3, 0.4) is 0 Å². The van der Waals surface area contributed by atoms with Gasteiger partial charge >= 0.3 is 0 Å². The number of hydrogen-bond donors (Lipinski definition) is 0. The van der Waals surface area contributed by atoms with Crippen LogP contribution in [0.1, 0.15) is 102 Å². The molecule has 0 amide bonds. The maximum absolute atomic E-state index is 14.9. The molecule has 0 bridgehead atoms. The molecule has 0 radical (unpaired) electrons. The van der Waals surface area contributed by atoms with Crippen molar-refractivity contribution in [3.05, 3.63) is 76.6 Å². The Bertz CT molecular complexity index is 1020. The molecular formula is C34H44ClF. The van der Waals surface area contributed by atoms with Crippen LogP contribution in [0, 0.1) is 23.6 Å². The SMILES string of the molecule is CC=CCCC1CCC(C2CC=C(c3ccc(-c4ccc(CCCCC)c(F)c4Cl)cc3)CC2)CC1. The van der Waals surface area contributed by atoms with E-state index in [0.717, 1.165) is 60.1 Å². The molecule has 36 heavy (non-hydrogen) atoms. The van der Waals surface area contributed by atoms with Gasteiger partial charge in [-0.3, -0.25) is 0 Å². The van der Waals surface area contributed by atoms with Gasteiger partial charge in [-0.15, -0.1) is 0 Å². The minimum atomic E-state index is -0.248. The second kappa shape index (κ2) is 13.6. The van der Waals surface area contributed by atoms with Crippen LogP contribution in [0.15, 0.2) is 54.6 Å². The lowest BCUT2D eigenvalue weighted by molar-refractivity contribution is 0.190. The normalized spacial score (nSPS) is 22.7. The fourth-order valence-electron chi connectivity index (χ4n) is 6.43. The number of hydrogen-bond acceptors (Lipinski definition) is 0. The monoisotopic (exact) mass is 506 g/mol. The Balaban J connectivity index is 1.33. The Labute approximate surface area is 224 Å². The van der Waals surface area contributed by atoms with Gasteiger partial charge in [0, 0.05) is 5.56 Å². The van der Waals surface area contributed by atoms with Crippen molar-refractivity contribution in [3.8, 4) is 11.1 Å². The molecule has 0 aromatic heterocycles. The molecule has 1 saturated carbocycles. The molecule has 0 N–H and O–H groups in total. The van der Waals surface area contributed by atoms with E-state index in [2.05, 4.69) is 56.3 Å². The summed E-state index contributed by atoms with van der Waals surface area (Å²) in [7, 11) is 0. The third-order valence-corrected chi connectivity index (χ3v) is 9.13. The van der Waals surface area contributed by atoms with E-state index in [-0.39, 0.29) is 10.8 Å². The zero-order chi connectivity index (χ0) is 25.3. The van der Waals surface area contributed by atoms with Gasteiger partial charge in [0.15, 0.2) is 0 Å². The van der Waals surface area contributed by atoms with E-state index in [1.807, 2.05) is 12.1 Å². The molecule has 1 unspecified atom stereocenters. The van der Waals surface area contributed by atoms with Gasteiger partial charge in [-0.1, -0.05) is 98.8 Å². The minimum absolute atomic E-state index is 0.248. The summed E-state index contributed by atoms with van der Waals surface area (Å²) in [5, 5.41) is 0.257. The Morgan fingerprint density at radius 2 is 1.67 bits per heavy atom. The number of aryl methyl sites for hydroxylation is 1. The van der Waals surface area contributed by atoms with E-state index in [9.17, 15) is 4.39 Å². The van der Waals surface area contributed by atoms with Crippen LogP contribution in [0.25, 0.3) is 16.7 Å². The van der Waals surface area contributed by atoms with E-state index >= 15 is 0 Å². The van der Waals surface area contributed by atoms with E-state index in [0.29, 0.717) is 0 Å². The summed E-state index contributed by atoms with van der Waals surface area (Å²) in [5.41, 5.74) is 5.29. The van der Waals surface area contributed by atoms with Crippen LogP contribution in [-0.4, -0.2) is 0 Å². The topological polar surface area (TPSA) is 0 Å². The highest BCUT2D eigenvalue weighted by Crippen LogP contribution is 2.42. The first-order valence-corrected chi connectivity index (χ1v) is 14.9. The fraction of sp³-hybridized carbons (Fsp3) is 0.529. The summed E-state index contributed by atoms with van der Waals surface area (Å²) in [6, 6.07) is 12.5. The Hall–Kier alpha value is -1.86. The molecule has 194 valence electrons. The largest absolute Gasteiger partial charge is 0.205 e. The number of allylic oxidation sites excluding steroid dienone is 4. The molecule has 2 heteroatoms. The third kappa shape index (κ3) is 6.91. The van der Waals surface area contributed by atoms with Gasteiger partial charge in [0.05, 0.1) is 5.02 Å². The van der Waals surface area contributed by atoms with Gasteiger partial charge in [-0.25, -0.2) is 4.39 Å². The molecule has 0 saturated heterocycles. The van der Waals surface area contributed by atoms with Crippen LogP contribution >= 0.6 is 11.6 Å². The standard InChI is InChI=1S/C34H44ClF/c1-3-5-7-9-25-11-13-26(14-12-25)27-15-17-28(18-16-27)29-19-21-30(22-20-29)32-24-23-31(10-8-6-4-2)34(36)33(32)35/h3,5,17,19-27H,4,6-16,18H2,1-2H3. The van der Waals surface area contributed by atoms with Crippen LogP contribution in [0.5, 0.6) is 0 Å². The molecule has 0 spiro atoms. The average Bonchev–Trinajstić information content (AvgIpc) is 2.92.